The molecule has 2 heterocycles. The number of carbonyl (C=O) groups is 1. The maximum Gasteiger partial charge on any atom is 0.240 e. The molecule has 0 spiro atoms. The van der Waals surface area contributed by atoms with Crippen molar-refractivity contribution < 1.29 is 4.79 Å². The number of hydrogen-bond acceptors (Lipinski definition) is 4. The molecule has 1 atom stereocenters. The van der Waals surface area contributed by atoms with E-state index in [1.165, 1.54) is 11.8 Å². The van der Waals surface area contributed by atoms with Crippen molar-refractivity contribution >= 4 is 17.7 Å². The van der Waals surface area contributed by atoms with E-state index in [2.05, 4.69) is 10.2 Å². The van der Waals surface area contributed by atoms with Gasteiger partial charge in [0.2, 0.25) is 5.91 Å². The largest absolute Gasteiger partial charge is 0.341 e. The van der Waals surface area contributed by atoms with Gasteiger partial charge in [-0.15, -0.1) is 10.2 Å². The fraction of sp³-hybridized carbons (Fsp3) is 0.286. The first-order valence-corrected chi connectivity index (χ1v) is 10.1. The third-order valence-corrected chi connectivity index (χ3v) is 6.11. The van der Waals surface area contributed by atoms with Crippen molar-refractivity contribution in [2.75, 3.05) is 13.1 Å². The highest BCUT2D eigenvalue weighted by Crippen LogP contribution is 2.37. The third-order valence-electron chi connectivity index (χ3n) is 4.83. The van der Waals surface area contributed by atoms with Crippen LogP contribution < -0.4 is 0 Å². The molecule has 1 fully saturated rings. The highest BCUT2D eigenvalue weighted by atomic mass is 32.2. The predicted octanol–water partition coefficient (Wildman–Crippen LogP) is 3.94. The Morgan fingerprint density at radius 1 is 0.963 bits per heavy atom. The minimum Gasteiger partial charge on any atom is -0.341 e. The molecule has 0 saturated carbocycles. The van der Waals surface area contributed by atoms with Gasteiger partial charge in [-0.3, -0.25) is 4.79 Å². The first kappa shape index (κ1) is 17.8. The minimum absolute atomic E-state index is 0.160. The molecule has 1 amide bonds. The molecule has 2 aromatic carbocycles. The zero-order valence-corrected chi connectivity index (χ0v) is 16.1. The Bertz CT molecular complexity index is 904. The molecule has 0 N–H and O–H groups in total. The lowest BCUT2D eigenvalue weighted by Gasteiger charge is -2.22. The number of amides is 1. The molecule has 138 valence electrons. The number of thioether (sulfide) groups is 1. The van der Waals surface area contributed by atoms with Crippen molar-refractivity contribution in [2.45, 2.75) is 23.2 Å². The van der Waals surface area contributed by atoms with E-state index in [0.717, 1.165) is 48.0 Å². The fourth-order valence-electron chi connectivity index (χ4n) is 3.35. The molecule has 3 aromatic rings. The maximum atomic E-state index is 13.2. The number of aromatic nitrogens is 3. The summed E-state index contributed by atoms with van der Waals surface area (Å²) < 4.78 is 1.97. The highest BCUT2D eigenvalue weighted by molar-refractivity contribution is 8.00. The van der Waals surface area contributed by atoms with Gasteiger partial charge in [0, 0.05) is 25.7 Å². The van der Waals surface area contributed by atoms with Crippen molar-refractivity contribution in [2.24, 2.45) is 7.05 Å². The van der Waals surface area contributed by atoms with Crippen LogP contribution in [0.25, 0.3) is 11.4 Å². The maximum absolute atomic E-state index is 13.2. The van der Waals surface area contributed by atoms with Crippen LogP contribution in [0.3, 0.4) is 0 Å². The third kappa shape index (κ3) is 3.76. The Hall–Kier alpha value is -2.60. The predicted molar refractivity (Wildman–Crippen MR) is 107 cm³/mol. The minimum atomic E-state index is -0.309. The normalized spacial score (nSPS) is 15.1. The van der Waals surface area contributed by atoms with Gasteiger partial charge in [0.05, 0.1) is 0 Å². The van der Waals surface area contributed by atoms with E-state index in [0.29, 0.717) is 0 Å². The van der Waals surface area contributed by atoms with Gasteiger partial charge in [0.15, 0.2) is 11.0 Å². The molecule has 1 aromatic heterocycles. The van der Waals surface area contributed by atoms with Gasteiger partial charge in [0.1, 0.15) is 5.25 Å². The lowest BCUT2D eigenvalue weighted by Crippen LogP contribution is -2.31. The van der Waals surface area contributed by atoms with E-state index in [4.69, 9.17) is 0 Å². The molecule has 5 nitrogen and oxygen atoms in total. The topological polar surface area (TPSA) is 51.0 Å². The van der Waals surface area contributed by atoms with Crippen LogP contribution in [0, 0.1) is 0 Å². The Morgan fingerprint density at radius 3 is 2.26 bits per heavy atom. The standard InChI is InChI=1S/C21H22N4OS/c1-24-19(17-12-6-3-7-13-17)22-23-21(24)27-18(16-10-4-2-5-11-16)20(26)25-14-8-9-15-25/h2-7,10-13,18H,8-9,14-15H2,1H3/t18-/m0/s1. The quantitative estimate of drug-likeness (QED) is 0.631. The second kappa shape index (κ2) is 7.96. The summed E-state index contributed by atoms with van der Waals surface area (Å²) in [5.41, 5.74) is 2.02. The average molecular weight is 379 g/mol. The molecule has 1 aliphatic rings. The lowest BCUT2D eigenvalue weighted by atomic mass is 10.1. The van der Waals surface area contributed by atoms with E-state index in [1.807, 2.05) is 77.2 Å². The fourth-order valence-corrected chi connectivity index (χ4v) is 4.44. The molecule has 6 heteroatoms. The Balaban J connectivity index is 1.64. The number of benzene rings is 2. The van der Waals surface area contributed by atoms with Crippen LogP contribution in [0.2, 0.25) is 0 Å². The summed E-state index contributed by atoms with van der Waals surface area (Å²) in [5, 5.41) is 9.16. The summed E-state index contributed by atoms with van der Waals surface area (Å²) in [6, 6.07) is 19.9. The molecule has 0 bridgehead atoms. The van der Waals surface area contributed by atoms with Gasteiger partial charge >= 0.3 is 0 Å². The molecule has 1 aliphatic heterocycles. The van der Waals surface area contributed by atoms with Crippen LogP contribution in [-0.4, -0.2) is 38.7 Å². The number of hydrogen-bond donors (Lipinski definition) is 0. The summed E-state index contributed by atoms with van der Waals surface area (Å²) in [6.07, 6.45) is 2.17. The van der Waals surface area contributed by atoms with Crippen LogP contribution in [0.15, 0.2) is 65.8 Å². The zero-order chi connectivity index (χ0) is 18.6. The van der Waals surface area contributed by atoms with E-state index in [9.17, 15) is 4.79 Å². The molecular formula is C21H22N4OS. The average Bonchev–Trinajstić information content (AvgIpc) is 3.37. The van der Waals surface area contributed by atoms with Crippen molar-refractivity contribution in [1.29, 1.82) is 0 Å². The summed E-state index contributed by atoms with van der Waals surface area (Å²) in [5.74, 6) is 0.964. The van der Waals surface area contributed by atoms with Crippen molar-refractivity contribution in [3.8, 4) is 11.4 Å². The molecule has 0 radical (unpaired) electrons. The summed E-state index contributed by atoms with van der Waals surface area (Å²) >= 11 is 1.48. The van der Waals surface area contributed by atoms with Crippen LogP contribution >= 0.6 is 11.8 Å². The summed E-state index contributed by atoms with van der Waals surface area (Å²) in [4.78, 5) is 15.2. The van der Waals surface area contributed by atoms with Crippen molar-refractivity contribution in [3.05, 3.63) is 66.2 Å². The van der Waals surface area contributed by atoms with Crippen LogP contribution in [-0.2, 0) is 11.8 Å². The smallest absolute Gasteiger partial charge is 0.240 e. The molecular weight excluding hydrogens is 356 g/mol. The van der Waals surface area contributed by atoms with Crippen LogP contribution in [0.4, 0.5) is 0 Å². The van der Waals surface area contributed by atoms with Gasteiger partial charge in [-0.25, -0.2) is 0 Å². The van der Waals surface area contributed by atoms with E-state index in [1.54, 1.807) is 0 Å². The van der Waals surface area contributed by atoms with E-state index in [-0.39, 0.29) is 11.2 Å². The molecule has 0 aliphatic carbocycles. The van der Waals surface area contributed by atoms with Gasteiger partial charge in [-0.05, 0) is 18.4 Å². The molecule has 1 saturated heterocycles. The highest BCUT2D eigenvalue weighted by Gasteiger charge is 2.30. The Kier molecular flexibility index (Phi) is 5.25. The molecule has 4 rings (SSSR count). The second-order valence-corrected chi connectivity index (χ2v) is 7.74. The second-order valence-electron chi connectivity index (χ2n) is 6.67. The zero-order valence-electron chi connectivity index (χ0n) is 15.3. The number of nitrogens with zero attached hydrogens (tertiary/aromatic N) is 4. The number of carbonyl (C=O) groups excluding carboxylic acids is 1. The van der Waals surface area contributed by atoms with Gasteiger partial charge in [-0.1, -0.05) is 72.4 Å². The number of rotatable bonds is 5. The summed E-state index contributed by atoms with van der Waals surface area (Å²) in [7, 11) is 1.95. The van der Waals surface area contributed by atoms with Gasteiger partial charge < -0.3 is 9.47 Å². The van der Waals surface area contributed by atoms with Crippen molar-refractivity contribution in [1.82, 2.24) is 19.7 Å². The van der Waals surface area contributed by atoms with Gasteiger partial charge in [0.25, 0.3) is 0 Å². The monoisotopic (exact) mass is 378 g/mol. The summed E-state index contributed by atoms with van der Waals surface area (Å²) in [6.45, 7) is 1.69. The lowest BCUT2D eigenvalue weighted by molar-refractivity contribution is -0.129. The number of likely N-dealkylation sites (tertiary alicyclic amines) is 1. The van der Waals surface area contributed by atoms with E-state index >= 15 is 0 Å². The Morgan fingerprint density at radius 2 is 1.59 bits per heavy atom. The van der Waals surface area contributed by atoms with Crippen LogP contribution in [0.1, 0.15) is 23.7 Å². The molecule has 27 heavy (non-hydrogen) atoms. The van der Waals surface area contributed by atoms with Gasteiger partial charge in [-0.2, -0.15) is 0 Å². The van der Waals surface area contributed by atoms with E-state index < -0.39 is 0 Å². The molecule has 0 unspecified atom stereocenters. The van der Waals surface area contributed by atoms with Crippen molar-refractivity contribution in [3.63, 3.8) is 0 Å². The SMILES string of the molecule is Cn1c(S[C@H](C(=O)N2CCCC2)c2ccccc2)nnc1-c1ccccc1. The van der Waals surface area contributed by atoms with Crippen LogP contribution in [0.5, 0.6) is 0 Å². The Labute approximate surface area is 163 Å². The first-order valence-electron chi connectivity index (χ1n) is 9.19. The first-order chi connectivity index (χ1) is 13.2.